The Morgan fingerprint density at radius 3 is 2.85 bits per heavy atom. The number of aromatic nitrogens is 2. The van der Waals surface area contributed by atoms with Gasteiger partial charge in [0.15, 0.2) is 0 Å². The summed E-state index contributed by atoms with van der Waals surface area (Å²) in [6.45, 7) is 5.80. The van der Waals surface area contributed by atoms with Crippen molar-refractivity contribution in [2.45, 2.75) is 58.2 Å². The van der Waals surface area contributed by atoms with Crippen molar-refractivity contribution < 1.29 is 4.79 Å². The van der Waals surface area contributed by atoms with Gasteiger partial charge in [-0.05, 0) is 25.8 Å². The van der Waals surface area contributed by atoms with Gasteiger partial charge in [0.05, 0.1) is 6.54 Å². The number of imidazole rings is 1. The highest BCUT2D eigenvalue weighted by atomic mass is 16.2. The fourth-order valence-electron chi connectivity index (χ4n) is 2.28. The van der Waals surface area contributed by atoms with E-state index >= 15 is 0 Å². The van der Waals surface area contributed by atoms with Crippen LogP contribution in [0.2, 0.25) is 0 Å². The van der Waals surface area contributed by atoms with Crippen LogP contribution in [-0.4, -0.2) is 39.0 Å². The Bertz CT molecular complexity index is 437. The number of aryl methyl sites for hydroxylation is 1. The highest BCUT2D eigenvalue weighted by molar-refractivity contribution is 5.76. The molecular weight excluding hydrogens is 252 g/mol. The molecule has 1 N–H and O–H groups in total. The van der Waals surface area contributed by atoms with Crippen molar-refractivity contribution in [3.63, 3.8) is 0 Å². The summed E-state index contributed by atoms with van der Waals surface area (Å²) in [6.07, 6.45) is 7.52. The van der Waals surface area contributed by atoms with E-state index in [2.05, 4.69) is 24.1 Å². The second-order valence-electron chi connectivity index (χ2n) is 5.92. The molecule has 0 radical (unpaired) electrons. The lowest BCUT2D eigenvalue weighted by Gasteiger charge is -2.22. The molecule has 1 aromatic rings. The van der Waals surface area contributed by atoms with Crippen LogP contribution in [0.15, 0.2) is 12.4 Å². The molecule has 1 aliphatic carbocycles. The number of carbonyl (C=O) groups excluding carboxylic acids is 1. The summed E-state index contributed by atoms with van der Waals surface area (Å²) in [4.78, 5) is 18.7. The fraction of sp³-hybridized carbons (Fsp3) is 0.733. The molecule has 1 aliphatic rings. The zero-order valence-electron chi connectivity index (χ0n) is 12.8. The van der Waals surface area contributed by atoms with E-state index in [0.29, 0.717) is 25.0 Å². The standard InChI is InChI=1S/C15H26N4O/c1-12(2)16-8-4-5-15(20)19(13-6-7-13)11-14-17-9-10-18(14)3/h9-10,12-13,16H,4-8,11H2,1-3H3. The van der Waals surface area contributed by atoms with Gasteiger partial charge in [-0.1, -0.05) is 13.8 Å². The van der Waals surface area contributed by atoms with E-state index in [0.717, 1.165) is 31.6 Å². The molecule has 0 aliphatic heterocycles. The number of rotatable bonds is 8. The summed E-state index contributed by atoms with van der Waals surface area (Å²) in [5.74, 6) is 1.23. The normalized spacial score (nSPS) is 14.8. The molecule has 0 spiro atoms. The van der Waals surface area contributed by atoms with Gasteiger partial charge in [-0.25, -0.2) is 4.98 Å². The molecule has 5 heteroatoms. The molecule has 112 valence electrons. The Morgan fingerprint density at radius 1 is 1.55 bits per heavy atom. The molecule has 1 amide bonds. The Balaban J connectivity index is 1.82. The van der Waals surface area contributed by atoms with Crippen molar-refractivity contribution >= 4 is 5.91 Å². The van der Waals surface area contributed by atoms with E-state index in [1.54, 1.807) is 6.20 Å². The fourth-order valence-corrected chi connectivity index (χ4v) is 2.28. The van der Waals surface area contributed by atoms with Crippen LogP contribution < -0.4 is 5.32 Å². The third-order valence-corrected chi connectivity index (χ3v) is 3.66. The molecule has 0 aromatic carbocycles. The lowest BCUT2D eigenvalue weighted by atomic mass is 10.2. The van der Waals surface area contributed by atoms with Crippen LogP contribution >= 0.6 is 0 Å². The molecule has 1 heterocycles. The largest absolute Gasteiger partial charge is 0.337 e. The Labute approximate surface area is 121 Å². The van der Waals surface area contributed by atoms with E-state index in [1.807, 2.05) is 22.7 Å². The van der Waals surface area contributed by atoms with Gasteiger partial charge < -0.3 is 14.8 Å². The maximum atomic E-state index is 12.4. The SMILES string of the molecule is CC(C)NCCCC(=O)N(Cc1nccn1C)C1CC1. The van der Waals surface area contributed by atoms with Crippen molar-refractivity contribution in [1.82, 2.24) is 19.8 Å². The minimum absolute atomic E-state index is 0.265. The molecule has 0 saturated heterocycles. The summed E-state index contributed by atoms with van der Waals surface area (Å²) >= 11 is 0. The van der Waals surface area contributed by atoms with Crippen molar-refractivity contribution in [1.29, 1.82) is 0 Å². The summed E-state index contributed by atoms with van der Waals surface area (Å²) in [5.41, 5.74) is 0. The third-order valence-electron chi connectivity index (χ3n) is 3.66. The maximum absolute atomic E-state index is 12.4. The van der Waals surface area contributed by atoms with Gasteiger partial charge in [-0.2, -0.15) is 0 Å². The average Bonchev–Trinajstić information content (AvgIpc) is 3.15. The molecule has 1 aromatic heterocycles. The quantitative estimate of drug-likeness (QED) is 0.736. The molecule has 0 bridgehead atoms. The molecule has 1 fully saturated rings. The zero-order valence-corrected chi connectivity index (χ0v) is 12.8. The second-order valence-corrected chi connectivity index (χ2v) is 5.92. The number of amides is 1. The van der Waals surface area contributed by atoms with Crippen molar-refractivity contribution in [3.8, 4) is 0 Å². The van der Waals surface area contributed by atoms with Crippen LogP contribution in [0.25, 0.3) is 0 Å². The van der Waals surface area contributed by atoms with Gasteiger partial charge in [0.2, 0.25) is 5.91 Å². The van der Waals surface area contributed by atoms with Gasteiger partial charge in [0, 0.05) is 37.9 Å². The van der Waals surface area contributed by atoms with E-state index in [1.165, 1.54) is 0 Å². The summed E-state index contributed by atoms with van der Waals surface area (Å²) in [5, 5.41) is 3.35. The topological polar surface area (TPSA) is 50.2 Å². The Hall–Kier alpha value is -1.36. The van der Waals surface area contributed by atoms with Gasteiger partial charge in [0.25, 0.3) is 0 Å². The summed E-state index contributed by atoms with van der Waals surface area (Å²) in [6, 6.07) is 0.925. The van der Waals surface area contributed by atoms with E-state index in [-0.39, 0.29) is 5.91 Å². The van der Waals surface area contributed by atoms with Crippen LogP contribution in [0, 0.1) is 0 Å². The molecule has 5 nitrogen and oxygen atoms in total. The second kappa shape index (κ2) is 6.88. The van der Waals surface area contributed by atoms with E-state index in [9.17, 15) is 4.79 Å². The first-order chi connectivity index (χ1) is 9.58. The number of carbonyl (C=O) groups is 1. The Morgan fingerprint density at radius 2 is 2.30 bits per heavy atom. The minimum atomic E-state index is 0.265. The van der Waals surface area contributed by atoms with E-state index < -0.39 is 0 Å². The van der Waals surface area contributed by atoms with Crippen molar-refractivity contribution in [2.75, 3.05) is 6.54 Å². The predicted octanol–water partition coefficient (Wildman–Crippen LogP) is 1.69. The lowest BCUT2D eigenvalue weighted by Crippen LogP contribution is -2.34. The first kappa shape index (κ1) is 15.0. The van der Waals surface area contributed by atoms with Crippen molar-refractivity contribution in [2.24, 2.45) is 7.05 Å². The van der Waals surface area contributed by atoms with Gasteiger partial charge in [0.1, 0.15) is 5.82 Å². The first-order valence-corrected chi connectivity index (χ1v) is 7.57. The lowest BCUT2D eigenvalue weighted by molar-refractivity contribution is -0.132. The van der Waals surface area contributed by atoms with E-state index in [4.69, 9.17) is 0 Å². The molecular formula is C15H26N4O. The maximum Gasteiger partial charge on any atom is 0.223 e. The smallest absolute Gasteiger partial charge is 0.223 e. The van der Waals surface area contributed by atoms with Gasteiger partial charge >= 0.3 is 0 Å². The monoisotopic (exact) mass is 278 g/mol. The summed E-state index contributed by atoms with van der Waals surface area (Å²) in [7, 11) is 1.98. The number of nitrogens with one attached hydrogen (secondary N) is 1. The number of hydrogen-bond donors (Lipinski definition) is 1. The third kappa shape index (κ3) is 4.34. The average molecular weight is 278 g/mol. The molecule has 0 unspecified atom stereocenters. The molecule has 2 rings (SSSR count). The van der Waals surface area contributed by atoms with Crippen molar-refractivity contribution in [3.05, 3.63) is 18.2 Å². The molecule has 1 saturated carbocycles. The van der Waals surface area contributed by atoms with Gasteiger partial charge in [-0.15, -0.1) is 0 Å². The van der Waals surface area contributed by atoms with Crippen LogP contribution in [-0.2, 0) is 18.4 Å². The van der Waals surface area contributed by atoms with Crippen LogP contribution in [0.3, 0.4) is 0 Å². The summed E-state index contributed by atoms with van der Waals surface area (Å²) < 4.78 is 1.99. The number of nitrogens with zero attached hydrogens (tertiary/aromatic N) is 3. The first-order valence-electron chi connectivity index (χ1n) is 7.57. The zero-order chi connectivity index (χ0) is 14.5. The predicted molar refractivity (Wildman–Crippen MR) is 79.2 cm³/mol. The Kier molecular flexibility index (Phi) is 5.17. The highest BCUT2D eigenvalue weighted by Crippen LogP contribution is 2.28. The van der Waals surface area contributed by atoms with Crippen LogP contribution in [0.4, 0.5) is 0 Å². The minimum Gasteiger partial charge on any atom is -0.337 e. The molecule has 0 atom stereocenters. The van der Waals surface area contributed by atoms with Crippen LogP contribution in [0.1, 0.15) is 45.4 Å². The molecule has 20 heavy (non-hydrogen) atoms. The van der Waals surface area contributed by atoms with Gasteiger partial charge in [-0.3, -0.25) is 4.79 Å². The van der Waals surface area contributed by atoms with Crippen LogP contribution in [0.5, 0.6) is 0 Å². The highest BCUT2D eigenvalue weighted by Gasteiger charge is 2.32. The number of hydrogen-bond acceptors (Lipinski definition) is 3.